The monoisotopic (exact) mass is 324 g/mol. The molecule has 1 aliphatic rings. The highest BCUT2D eigenvalue weighted by Crippen LogP contribution is 2.32. The van der Waals surface area contributed by atoms with Crippen LogP contribution in [-0.2, 0) is 0 Å². The van der Waals surface area contributed by atoms with Crippen molar-refractivity contribution in [1.29, 1.82) is 0 Å². The number of rotatable bonds is 3. The van der Waals surface area contributed by atoms with Gasteiger partial charge in [-0.25, -0.2) is 0 Å². The molecular weight excluding hydrogens is 296 g/mol. The maximum absolute atomic E-state index is 12.8. The van der Waals surface area contributed by atoms with Crippen LogP contribution in [0.15, 0.2) is 24.3 Å². The van der Waals surface area contributed by atoms with E-state index in [1.807, 2.05) is 18.2 Å². The third kappa shape index (κ3) is 3.12. The summed E-state index contributed by atoms with van der Waals surface area (Å²) in [5.74, 6) is -0.00106. The SMILES string of the molecule is Cc1cccc(NC(=O)c2cc(C)n(C3CCCCC3)c2C)c1C. The second-order valence-electron chi connectivity index (χ2n) is 7.15. The van der Waals surface area contributed by atoms with E-state index in [0.717, 1.165) is 22.5 Å². The molecule has 0 saturated heterocycles. The zero-order chi connectivity index (χ0) is 17.3. The van der Waals surface area contributed by atoms with E-state index in [9.17, 15) is 4.79 Å². The van der Waals surface area contributed by atoms with Crippen molar-refractivity contribution in [2.24, 2.45) is 0 Å². The highest BCUT2D eigenvalue weighted by Gasteiger charge is 2.22. The van der Waals surface area contributed by atoms with Gasteiger partial charge >= 0.3 is 0 Å². The third-order valence-corrected chi connectivity index (χ3v) is 5.52. The molecule has 0 aliphatic heterocycles. The average Bonchev–Trinajstić information content (AvgIpc) is 2.87. The Morgan fingerprint density at radius 1 is 1.08 bits per heavy atom. The van der Waals surface area contributed by atoms with Gasteiger partial charge in [0.25, 0.3) is 5.91 Å². The number of amides is 1. The summed E-state index contributed by atoms with van der Waals surface area (Å²) in [4.78, 5) is 12.8. The van der Waals surface area contributed by atoms with Gasteiger partial charge in [0.15, 0.2) is 0 Å². The van der Waals surface area contributed by atoms with Crippen LogP contribution in [0.2, 0.25) is 0 Å². The number of nitrogens with zero attached hydrogens (tertiary/aromatic N) is 1. The first kappa shape index (κ1) is 16.8. The van der Waals surface area contributed by atoms with Crippen molar-refractivity contribution in [3.05, 3.63) is 52.3 Å². The van der Waals surface area contributed by atoms with Crippen LogP contribution in [0.4, 0.5) is 5.69 Å². The van der Waals surface area contributed by atoms with Gasteiger partial charge in [-0.2, -0.15) is 0 Å². The number of carbonyl (C=O) groups is 1. The molecule has 1 saturated carbocycles. The molecule has 0 spiro atoms. The Morgan fingerprint density at radius 2 is 1.79 bits per heavy atom. The Kier molecular flexibility index (Phi) is 4.79. The molecular formula is C21H28N2O. The molecule has 1 aromatic heterocycles. The van der Waals surface area contributed by atoms with Crippen LogP contribution >= 0.6 is 0 Å². The van der Waals surface area contributed by atoms with Gasteiger partial charge in [-0.05, 0) is 63.8 Å². The van der Waals surface area contributed by atoms with Gasteiger partial charge in [-0.3, -0.25) is 4.79 Å². The first-order valence-electron chi connectivity index (χ1n) is 9.05. The molecule has 3 nitrogen and oxygen atoms in total. The number of nitrogens with one attached hydrogen (secondary N) is 1. The van der Waals surface area contributed by atoms with Crippen LogP contribution in [0.1, 0.15) is 71.0 Å². The maximum atomic E-state index is 12.8. The molecule has 1 amide bonds. The molecule has 0 atom stereocenters. The molecule has 3 heteroatoms. The summed E-state index contributed by atoms with van der Waals surface area (Å²) in [5, 5.41) is 3.10. The van der Waals surface area contributed by atoms with Gasteiger partial charge < -0.3 is 9.88 Å². The number of benzene rings is 1. The molecule has 0 bridgehead atoms. The normalized spacial score (nSPS) is 15.5. The molecule has 24 heavy (non-hydrogen) atoms. The highest BCUT2D eigenvalue weighted by molar-refractivity contribution is 6.05. The lowest BCUT2D eigenvalue weighted by Crippen LogP contribution is -2.17. The van der Waals surface area contributed by atoms with Gasteiger partial charge in [-0.15, -0.1) is 0 Å². The number of hydrogen-bond donors (Lipinski definition) is 1. The lowest BCUT2D eigenvalue weighted by Gasteiger charge is -2.26. The van der Waals surface area contributed by atoms with E-state index >= 15 is 0 Å². The van der Waals surface area contributed by atoms with Gasteiger partial charge in [0, 0.05) is 23.1 Å². The van der Waals surface area contributed by atoms with E-state index < -0.39 is 0 Å². The summed E-state index contributed by atoms with van der Waals surface area (Å²) in [6, 6.07) is 8.63. The van der Waals surface area contributed by atoms with Gasteiger partial charge in [0.2, 0.25) is 0 Å². The van der Waals surface area contributed by atoms with E-state index in [-0.39, 0.29) is 5.91 Å². The van der Waals surface area contributed by atoms with Crippen molar-refractivity contribution in [2.45, 2.75) is 65.8 Å². The van der Waals surface area contributed by atoms with E-state index in [0.29, 0.717) is 6.04 Å². The minimum Gasteiger partial charge on any atom is -0.345 e. The van der Waals surface area contributed by atoms with E-state index in [2.05, 4.69) is 43.6 Å². The Hall–Kier alpha value is -2.03. The molecule has 1 aromatic carbocycles. The lowest BCUT2D eigenvalue weighted by atomic mass is 9.95. The summed E-state index contributed by atoms with van der Waals surface area (Å²) < 4.78 is 2.39. The lowest BCUT2D eigenvalue weighted by molar-refractivity contribution is 0.102. The zero-order valence-corrected chi connectivity index (χ0v) is 15.3. The van der Waals surface area contributed by atoms with Crippen molar-refractivity contribution in [3.8, 4) is 0 Å². The fourth-order valence-corrected chi connectivity index (χ4v) is 3.98. The minimum absolute atomic E-state index is 0.00106. The summed E-state index contributed by atoms with van der Waals surface area (Å²) in [5.41, 5.74) is 6.33. The molecule has 0 unspecified atom stereocenters. The molecule has 1 heterocycles. The van der Waals surface area contributed by atoms with Crippen LogP contribution in [0.5, 0.6) is 0 Å². The Morgan fingerprint density at radius 3 is 2.50 bits per heavy atom. The third-order valence-electron chi connectivity index (χ3n) is 5.52. The molecule has 128 valence electrons. The standard InChI is InChI=1S/C21H28N2O/c1-14-9-8-12-20(16(14)3)22-21(24)19-13-15(2)23(17(19)4)18-10-6-5-7-11-18/h8-9,12-13,18H,5-7,10-11H2,1-4H3,(H,22,24). The smallest absolute Gasteiger partial charge is 0.257 e. The van der Waals surface area contributed by atoms with Crippen molar-refractivity contribution >= 4 is 11.6 Å². The first-order valence-corrected chi connectivity index (χ1v) is 9.05. The summed E-state index contributed by atoms with van der Waals surface area (Å²) >= 11 is 0. The average molecular weight is 324 g/mol. The van der Waals surface area contributed by atoms with Crippen LogP contribution in [0.3, 0.4) is 0 Å². The van der Waals surface area contributed by atoms with Crippen molar-refractivity contribution < 1.29 is 4.79 Å². The number of hydrogen-bond acceptors (Lipinski definition) is 1. The van der Waals surface area contributed by atoms with Crippen molar-refractivity contribution in [1.82, 2.24) is 4.57 Å². The van der Waals surface area contributed by atoms with Crippen LogP contribution < -0.4 is 5.32 Å². The predicted molar refractivity (Wildman–Crippen MR) is 99.9 cm³/mol. The minimum atomic E-state index is -0.00106. The molecule has 2 aromatic rings. The number of aromatic nitrogens is 1. The van der Waals surface area contributed by atoms with Gasteiger partial charge in [0.1, 0.15) is 0 Å². The van der Waals surface area contributed by atoms with Crippen LogP contribution in [0, 0.1) is 27.7 Å². The molecule has 1 fully saturated rings. The number of carbonyl (C=O) groups excluding carboxylic acids is 1. The van der Waals surface area contributed by atoms with Crippen LogP contribution in [0.25, 0.3) is 0 Å². The number of aryl methyl sites for hydroxylation is 2. The Labute approximate surface area is 145 Å². The zero-order valence-electron chi connectivity index (χ0n) is 15.3. The fourth-order valence-electron chi connectivity index (χ4n) is 3.98. The van der Waals surface area contributed by atoms with Crippen molar-refractivity contribution in [3.63, 3.8) is 0 Å². The quantitative estimate of drug-likeness (QED) is 0.797. The number of anilines is 1. The Bertz CT molecular complexity index is 751. The topological polar surface area (TPSA) is 34.0 Å². The summed E-state index contributed by atoms with van der Waals surface area (Å²) in [6.07, 6.45) is 6.40. The van der Waals surface area contributed by atoms with Crippen molar-refractivity contribution in [2.75, 3.05) is 5.32 Å². The van der Waals surface area contributed by atoms with E-state index in [1.165, 1.54) is 43.4 Å². The molecule has 3 rings (SSSR count). The summed E-state index contributed by atoms with van der Waals surface area (Å²) in [6.45, 7) is 8.33. The second-order valence-corrected chi connectivity index (χ2v) is 7.15. The maximum Gasteiger partial charge on any atom is 0.257 e. The summed E-state index contributed by atoms with van der Waals surface area (Å²) in [7, 11) is 0. The first-order chi connectivity index (χ1) is 11.5. The molecule has 0 radical (unpaired) electrons. The second kappa shape index (κ2) is 6.84. The molecule has 1 N–H and O–H groups in total. The highest BCUT2D eigenvalue weighted by atomic mass is 16.1. The van der Waals surface area contributed by atoms with Gasteiger partial charge in [-0.1, -0.05) is 31.4 Å². The largest absolute Gasteiger partial charge is 0.345 e. The van der Waals surface area contributed by atoms with Gasteiger partial charge in [0.05, 0.1) is 5.56 Å². The Balaban J connectivity index is 1.86. The van der Waals surface area contributed by atoms with E-state index in [4.69, 9.17) is 0 Å². The van der Waals surface area contributed by atoms with Crippen LogP contribution in [-0.4, -0.2) is 10.5 Å². The fraction of sp³-hybridized carbons (Fsp3) is 0.476. The van der Waals surface area contributed by atoms with E-state index in [1.54, 1.807) is 0 Å². The predicted octanol–water partition coefficient (Wildman–Crippen LogP) is 5.48. The molecule has 1 aliphatic carbocycles.